The molecular formula is C23H27N5O4S. The molecule has 3 aromatic rings. The fraction of sp³-hybridized carbons (Fsp3) is 0.304. The van der Waals surface area contributed by atoms with Crippen molar-refractivity contribution >= 4 is 38.7 Å². The number of nitrogens with zero attached hydrogens (tertiary/aromatic N) is 3. The molecule has 0 aliphatic carbocycles. The molecule has 0 atom stereocenters. The van der Waals surface area contributed by atoms with Crippen molar-refractivity contribution in [2.24, 2.45) is 0 Å². The summed E-state index contributed by atoms with van der Waals surface area (Å²) in [6.07, 6.45) is 2.84. The second-order valence-corrected chi connectivity index (χ2v) is 9.80. The van der Waals surface area contributed by atoms with E-state index >= 15 is 0 Å². The number of rotatable bonds is 7. The molecule has 1 fully saturated rings. The number of methoxy groups -OCH3 is 1. The molecule has 2 aromatic carbocycles. The van der Waals surface area contributed by atoms with Crippen LogP contribution >= 0.6 is 0 Å². The third-order valence-electron chi connectivity index (χ3n) is 5.31. The van der Waals surface area contributed by atoms with Gasteiger partial charge in [-0.3, -0.25) is 0 Å². The number of aromatic nitrogens is 2. The summed E-state index contributed by atoms with van der Waals surface area (Å²) in [5.74, 6) is 1.68. The number of ether oxygens (including phenoxy) is 2. The zero-order valence-electron chi connectivity index (χ0n) is 18.8. The molecule has 1 aliphatic rings. The van der Waals surface area contributed by atoms with Crippen molar-refractivity contribution in [3.8, 4) is 5.75 Å². The Morgan fingerprint density at radius 1 is 1.06 bits per heavy atom. The van der Waals surface area contributed by atoms with Gasteiger partial charge >= 0.3 is 0 Å². The van der Waals surface area contributed by atoms with Crippen LogP contribution in [-0.2, 0) is 14.6 Å². The van der Waals surface area contributed by atoms with E-state index in [2.05, 4.69) is 25.5 Å². The first-order valence-electron chi connectivity index (χ1n) is 10.5. The van der Waals surface area contributed by atoms with E-state index in [4.69, 9.17) is 9.47 Å². The van der Waals surface area contributed by atoms with E-state index in [0.717, 1.165) is 22.7 Å². The molecule has 2 N–H and O–H groups in total. The van der Waals surface area contributed by atoms with Crippen LogP contribution in [0, 0.1) is 6.92 Å². The first kappa shape index (κ1) is 22.8. The highest BCUT2D eigenvalue weighted by molar-refractivity contribution is 7.90. The number of hydrogen-bond acceptors (Lipinski definition) is 9. The SMILES string of the molecule is COc1ccc(C)c(Nc2ccnc(Nc3cc(N4CCOCC4)cc(S(C)(=O)=O)c3)n2)c1. The second-order valence-electron chi connectivity index (χ2n) is 7.78. The maximum Gasteiger partial charge on any atom is 0.229 e. The molecular weight excluding hydrogens is 442 g/mol. The molecule has 1 aromatic heterocycles. The summed E-state index contributed by atoms with van der Waals surface area (Å²) in [5, 5.41) is 6.43. The monoisotopic (exact) mass is 469 g/mol. The Hall–Kier alpha value is -3.37. The maximum atomic E-state index is 12.3. The zero-order chi connectivity index (χ0) is 23.4. The van der Waals surface area contributed by atoms with Gasteiger partial charge in [0.15, 0.2) is 9.84 Å². The van der Waals surface area contributed by atoms with Crippen molar-refractivity contribution < 1.29 is 17.9 Å². The molecule has 0 amide bonds. The van der Waals surface area contributed by atoms with Gasteiger partial charge in [0.2, 0.25) is 5.95 Å². The Balaban J connectivity index is 1.61. The minimum atomic E-state index is -3.40. The Morgan fingerprint density at radius 3 is 2.58 bits per heavy atom. The van der Waals surface area contributed by atoms with Gasteiger partial charge < -0.3 is 25.0 Å². The number of morpholine rings is 1. The third kappa shape index (κ3) is 5.71. The normalized spacial score (nSPS) is 14.1. The molecule has 2 heterocycles. The predicted octanol–water partition coefficient (Wildman–Crippen LogP) is 3.52. The zero-order valence-corrected chi connectivity index (χ0v) is 19.6. The van der Waals surface area contributed by atoms with Crippen molar-refractivity contribution in [3.63, 3.8) is 0 Å². The highest BCUT2D eigenvalue weighted by Gasteiger charge is 2.17. The fourth-order valence-corrected chi connectivity index (χ4v) is 4.17. The van der Waals surface area contributed by atoms with E-state index in [0.29, 0.717) is 43.8 Å². The lowest BCUT2D eigenvalue weighted by Gasteiger charge is -2.29. The summed E-state index contributed by atoms with van der Waals surface area (Å²) >= 11 is 0. The lowest BCUT2D eigenvalue weighted by Crippen LogP contribution is -2.36. The van der Waals surface area contributed by atoms with Crippen LogP contribution < -0.4 is 20.3 Å². The molecule has 10 heteroatoms. The first-order valence-corrected chi connectivity index (χ1v) is 12.4. The van der Waals surface area contributed by atoms with E-state index < -0.39 is 9.84 Å². The highest BCUT2D eigenvalue weighted by Crippen LogP contribution is 2.28. The number of anilines is 5. The van der Waals surface area contributed by atoms with Crippen molar-refractivity contribution in [2.75, 3.05) is 55.2 Å². The summed E-state index contributed by atoms with van der Waals surface area (Å²) in [5.41, 5.74) is 3.31. The molecule has 0 radical (unpaired) electrons. The lowest BCUT2D eigenvalue weighted by atomic mass is 10.2. The van der Waals surface area contributed by atoms with Gasteiger partial charge in [0.05, 0.1) is 25.2 Å². The van der Waals surface area contributed by atoms with Crippen molar-refractivity contribution in [1.82, 2.24) is 9.97 Å². The fourth-order valence-electron chi connectivity index (χ4n) is 3.49. The van der Waals surface area contributed by atoms with Crippen LogP contribution in [0.5, 0.6) is 5.75 Å². The van der Waals surface area contributed by atoms with Gasteiger partial charge in [0, 0.05) is 48.7 Å². The minimum Gasteiger partial charge on any atom is -0.497 e. The average molecular weight is 470 g/mol. The summed E-state index contributed by atoms with van der Waals surface area (Å²) in [4.78, 5) is 11.2. The van der Waals surface area contributed by atoms with Crippen LogP contribution in [0.25, 0.3) is 0 Å². The number of benzene rings is 2. The van der Waals surface area contributed by atoms with E-state index in [-0.39, 0.29) is 4.90 Å². The van der Waals surface area contributed by atoms with Gasteiger partial charge in [0.1, 0.15) is 11.6 Å². The van der Waals surface area contributed by atoms with Crippen LogP contribution in [0.1, 0.15) is 5.56 Å². The molecule has 1 aliphatic heterocycles. The molecule has 1 saturated heterocycles. The first-order chi connectivity index (χ1) is 15.8. The molecule has 0 spiro atoms. The Morgan fingerprint density at radius 2 is 1.85 bits per heavy atom. The maximum absolute atomic E-state index is 12.3. The van der Waals surface area contributed by atoms with Crippen molar-refractivity contribution in [3.05, 3.63) is 54.2 Å². The Bertz CT molecular complexity index is 1240. The van der Waals surface area contributed by atoms with Gasteiger partial charge in [-0.1, -0.05) is 6.07 Å². The summed E-state index contributed by atoms with van der Waals surface area (Å²) in [6.45, 7) is 4.59. The molecule has 0 unspecified atom stereocenters. The van der Waals surface area contributed by atoms with Gasteiger partial charge in [0.25, 0.3) is 0 Å². The predicted molar refractivity (Wildman–Crippen MR) is 129 cm³/mol. The molecule has 0 bridgehead atoms. The van der Waals surface area contributed by atoms with Crippen LogP contribution in [0.4, 0.5) is 28.8 Å². The van der Waals surface area contributed by atoms with Crippen LogP contribution in [0.2, 0.25) is 0 Å². The third-order valence-corrected chi connectivity index (χ3v) is 6.41. The van der Waals surface area contributed by atoms with E-state index in [1.807, 2.05) is 31.2 Å². The number of sulfone groups is 1. The molecule has 174 valence electrons. The van der Waals surface area contributed by atoms with Crippen LogP contribution in [-0.4, -0.2) is 58.1 Å². The molecule has 9 nitrogen and oxygen atoms in total. The average Bonchev–Trinajstić information content (AvgIpc) is 2.80. The topological polar surface area (TPSA) is 106 Å². The molecule has 0 saturated carbocycles. The molecule has 4 rings (SSSR count). The van der Waals surface area contributed by atoms with E-state index in [9.17, 15) is 8.42 Å². The van der Waals surface area contributed by atoms with Gasteiger partial charge in [-0.05, 0) is 42.8 Å². The smallest absolute Gasteiger partial charge is 0.229 e. The number of hydrogen-bond donors (Lipinski definition) is 2. The van der Waals surface area contributed by atoms with Gasteiger partial charge in [-0.25, -0.2) is 13.4 Å². The summed E-state index contributed by atoms with van der Waals surface area (Å²) in [7, 11) is -1.78. The lowest BCUT2D eigenvalue weighted by molar-refractivity contribution is 0.122. The summed E-state index contributed by atoms with van der Waals surface area (Å²) < 4.78 is 35.3. The Kier molecular flexibility index (Phi) is 6.66. The quantitative estimate of drug-likeness (QED) is 0.537. The standard InChI is InChI=1S/C23H27N5O4S/c1-16-4-5-19(31-2)15-21(16)26-22-6-7-24-23(27-22)25-17-12-18(28-8-10-32-11-9-28)14-20(13-17)33(3,29)30/h4-7,12-15H,8-11H2,1-3H3,(H2,24,25,26,27). The number of aryl methyl sites for hydroxylation is 1. The largest absolute Gasteiger partial charge is 0.497 e. The van der Waals surface area contributed by atoms with Crippen molar-refractivity contribution in [1.29, 1.82) is 0 Å². The van der Waals surface area contributed by atoms with Gasteiger partial charge in [-0.2, -0.15) is 4.98 Å². The van der Waals surface area contributed by atoms with E-state index in [1.165, 1.54) is 6.26 Å². The van der Waals surface area contributed by atoms with Crippen LogP contribution in [0.3, 0.4) is 0 Å². The van der Waals surface area contributed by atoms with E-state index in [1.54, 1.807) is 31.5 Å². The Labute approximate surface area is 193 Å². The van der Waals surface area contributed by atoms with Gasteiger partial charge in [-0.15, -0.1) is 0 Å². The minimum absolute atomic E-state index is 0.232. The van der Waals surface area contributed by atoms with Crippen LogP contribution in [0.15, 0.2) is 53.6 Å². The number of nitrogens with one attached hydrogen (secondary N) is 2. The summed E-state index contributed by atoms with van der Waals surface area (Å²) in [6, 6.07) is 12.7. The van der Waals surface area contributed by atoms with Crippen molar-refractivity contribution in [2.45, 2.75) is 11.8 Å². The second kappa shape index (κ2) is 9.63. The molecule has 33 heavy (non-hydrogen) atoms. The highest BCUT2D eigenvalue weighted by atomic mass is 32.2.